The van der Waals surface area contributed by atoms with Gasteiger partial charge in [0.15, 0.2) is 5.76 Å². The molecular formula is C11H11N5O2S. The van der Waals surface area contributed by atoms with Gasteiger partial charge in [0, 0.05) is 6.54 Å². The molecule has 0 atom stereocenters. The van der Waals surface area contributed by atoms with Gasteiger partial charge in [0.05, 0.1) is 23.4 Å². The van der Waals surface area contributed by atoms with Gasteiger partial charge in [-0.15, -0.1) is 5.10 Å². The molecule has 0 aliphatic heterocycles. The van der Waals surface area contributed by atoms with Gasteiger partial charge >= 0.3 is 0 Å². The molecule has 3 heterocycles. The minimum atomic E-state index is 0.456. The Bertz CT molecular complexity index is 646. The van der Waals surface area contributed by atoms with Gasteiger partial charge < -0.3 is 14.3 Å². The lowest BCUT2D eigenvalue weighted by atomic mass is 10.4. The van der Waals surface area contributed by atoms with Crippen molar-refractivity contribution in [3.63, 3.8) is 0 Å². The van der Waals surface area contributed by atoms with E-state index in [1.54, 1.807) is 18.4 Å². The molecule has 98 valence electrons. The highest BCUT2D eigenvalue weighted by atomic mass is 32.1. The predicted octanol–water partition coefficient (Wildman–Crippen LogP) is 1.78. The van der Waals surface area contributed by atoms with Crippen molar-refractivity contribution in [2.45, 2.75) is 20.0 Å². The highest BCUT2D eigenvalue weighted by Gasteiger charge is 2.10. The van der Waals surface area contributed by atoms with Crippen molar-refractivity contribution < 1.29 is 8.94 Å². The van der Waals surface area contributed by atoms with Crippen molar-refractivity contribution in [3.8, 4) is 11.6 Å². The summed E-state index contributed by atoms with van der Waals surface area (Å²) in [4.78, 5) is 5.33. The first-order valence-electron chi connectivity index (χ1n) is 5.68. The van der Waals surface area contributed by atoms with Crippen LogP contribution in [0.1, 0.15) is 16.5 Å². The maximum Gasteiger partial charge on any atom is 0.241 e. The molecule has 7 nitrogen and oxygen atoms in total. The lowest BCUT2D eigenvalue weighted by molar-refractivity contribution is 0.367. The molecule has 0 aliphatic rings. The van der Waals surface area contributed by atoms with Gasteiger partial charge in [0.25, 0.3) is 0 Å². The quantitative estimate of drug-likeness (QED) is 0.760. The number of nitrogens with one attached hydrogen (secondary N) is 1. The fraction of sp³-hybridized carbons (Fsp3) is 0.273. The third-order valence-electron chi connectivity index (χ3n) is 2.52. The van der Waals surface area contributed by atoms with Crippen LogP contribution in [0.5, 0.6) is 0 Å². The first-order chi connectivity index (χ1) is 9.33. The van der Waals surface area contributed by atoms with Crippen LogP contribution in [0, 0.1) is 6.92 Å². The van der Waals surface area contributed by atoms with Gasteiger partial charge in [-0.05, 0) is 30.6 Å². The lowest BCUT2D eigenvalue weighted by Gasteiger charge is -1.98. The second-order valence-electron chi connectivity index (χ2n) is 3.87. The Morgan fingerprint density at radius 1 is 1.37 bits per heavy atom. The van der Waals surface area contributed by atoms with Crippen LogP contribution in [0.15, 0.2) is 27.3 Å². The van der Waals surface area contributed by atoms with Gasteiger partial charge in [0.1, 0.15) is 0 Å². The minimum absolute atomic E-state index is 0.456. The molecule has 0 saturated carbocycles. The average Bonchev–Trinajstić information content (AvgIpc) is 3.11. The molecule has 0 unspecified atom stereocenters. The van der Waals surface area contributed by atoms with Gasteiger partial charge in [-0.25, -0.2) is 0 Å². The molecule has 0 radical (unpaired) electrons. The summed E-state index contributed by atoms with van der Waals surface area (Å²) in [6.45, 7) is 3.11. The summed E-state index contributed by atoms with van der Waals surface area (Å²) in [6, 6.07) is 3.57. The SMILES string of the molecule is Cc1nnsc1CNCc1nc(-c2ccco2)no1. The zero-order valence-corrected chi connectivity index (χ0v) is 11.0. The summed E-state index contributed by atoms with van der Waals surface area (Å²) >= 11 is 1.38. The zero-order valence-electron chi connectivity index (χ0n) is 10.2. The second-order valence-corrected chi connectivity index (χ2v) is 4.71. The van der Waals surface area contributed by atoms with E-state index in [-0.39, 0.29) is 0 Å². The Morgan fingerprint density at radius 3 is 3.05 bits per heavy atom. The van der Waals surface area contributed by atoms with Crippen molar-refractivity contribution in [2.75, 3.05) is 0 Å². The molecule has 0 saturated heterocycles. The lowest BCUT2D eigenvalue weighted by Crippen LogP contribution is -2.12. The Morgan fingerprint density at radius 2 is 2.32 bits per heavy atom. The molecule has 0 aliphatic carbocycles. The molecule has 1 N–H and O–H groups in total. The maximum atomic E-state index is 5.19. The second kappa shape index (κ2) is 5.29. The highest BCUT2D eigenvalue weighted by molar-refractivity contribution is 7.05. The molecule has 0 aromatic carbocycles. The van der Waals surface area contributed by atoms with Gasteiger partial charge in [0.2, 0.25) is 11.7 Å². The molecular weight excluding hydrogens is 266 g/mol. The molecule has 3 aromatic heterocycles. The molecule has 0 amide bonds. The van der Waals surface area contributed by atoms with Crippen LogP contribution in [0.3, 0.4) is 0 Å². The van der Waals surface area contributed by atoms with E-state index < -0.39 is 0 Å². The summed E-state index contributed by atoms with van der Waals surface area (Å²) in [5.41, 5.74) is 0.944. The van der Waals surface area contributed by atoms with Crippen LogP contribution in [-0.2, 0) is 13.1 Å². The summed E-state index contributed by atoms with van der Waals surface area (Å²) < 4.78 is 14.2. The van der Waals surface area contributed by atoms with Crippen LogP contribution in [0.2, 0.25) is 0 Å². The summed E-state index contributed by atoms with van der Waals surface area (Å²) in [5, 5.41) is 11.0. The number of hydrogen-bond acceptors (Lipinski definition) is 8. The first kappa shape index (κ1) is 12.0. The fourth-order valence-electron chi connectivity index (χ4n) is 1.53. The van der Waals surface area contributed by atoms with E-state index in [0.717, 1.165) is 10.6 Å². The standard InChI is InChI=1S/C11H11N5O2S/c1-7-9(19-16-14-7)5-12-6-10-13-11(15-18-10)8-3-2-4-17-8/h2-4,12H,5-6H2,1H3. The third kappa shape index (κ3) is 2.69. The Balaban J connectivity index is 1.58. The van der Waals surface area contributed by atoms with Crippen LogP contribution < -0.4 is 5.32 Å². The van der Waals surface area contributed by atoms with Crippen LogP contribution in [-0.4, -0.2) is 19.7 Å². The average molecular weight is 277 g/mol. The number of aryl methyl sites for hydroxylation is 1. The van der Waals surface area contributed by atoms with E-state index in [2.05, 4.69) is 25.0 Å². The van der Waals surface area contributed by atoms with Crippen molar-refractivity contribution in [2.24, 2.45) is 0 Å². The molecule has 0 spiro atoms. The zero-order chi connectivity index (χ0) is 13.1. The van der Waals surface area contributed by atoms with E-state index >= 15 is 0 Å². The van der Waals surface area contributed by atoms with Crippen molar-refractivity contribution in [1.82, 2.24) is 25.0 Å². The molecule has 0 bridgehead atoms. The van der Waals surface area contributed by atoms with E-state index in [9.17, 15) is 0 Å². The number of aromatic nitrogens is 4. The van der Waals surface area contributed by atoms with Crippen LogP contribution >= 0.6 is 11.5 Å². The summed E-state index contributed by atoms with van der Waals surface area (Å²) in [7, 11) is 0. The van der Waals surface area contributed by atoms with Crippen molar-refractivity contribution >= 4 is 11.5 Å². The minimum Gasteiger partial charge on any atom is -0.461 e. The molecule has 19 heavy (non-hydrogen) atoms. The van der Waals surface area contributed by atoms with Gasteiger partial charge in [-0.1, -0.05) is 9.64 Å². The van der Waals surface area contributed by atoms with Crippen LogP contribution in [0.25, 0.3) is 11.6 Å². The number of rotatable bonds is 5. The highest BCUT2D eigenvalue weighted by Crippen LogP contribution is 2.15. The van der Waals surface area contributed by atoms with Crippen molar-refractivity contribution in [1.29, 1.82) is 0 Å². The predicted molar refractivity (Wildman–Crippen MR) is 67.2 cm³/mol. The topological polar surface area (TPSA) is 89.9 Å². The molecule has 3 rings (SSSR count). The smallest absolute Gasteiger partial charge is 0.241 e. The maximum absolute atomic E-state index is 5.19. The van der Waals surface area contributed by atoms with E-state index in [1.807, 2.05) is 6.92 Å². The van der Waals surface area contributed by atoms with E-state index in [4.69, 9.17) is 8.94 Å². The summed E-state index contributed by atoms with van der Waals surface area (Å²) in [6.07, 6.45) is 1.57. The largest absolute Gasteiger partial charge is 0.461 e. The van der Waals surface area contributed by atoms with Gasteiger partial charge in [-0.2, -0.15) is 4.98 Å². The van der Waals surface area contributed by atoms with Crippen molar-refractivity contribution in [3.05, 3.63) is 34.9 Å². The Hall–Kier alpha value is -2.06. The Kier molecular flexibility index (Phi) is 3.34. The third-order valence-corrected chi connectivity index (χ3v) is 3.34. The normalized spacial score (nSPS) is 11.0. The number of furan rings is 1. The monoisotopic (exact) mass is 277 g/mol. The van der Waals surface area contributed by atoms with E-state index in [0.29, 0.717) is 30.6 Å². The first-order valence-corrected chi connectivity index (χ1v) is 6.45. The summed E-state index contributed by atoms with van der Waals surface area (Å²) in [5.74, 6) is 1.57. The number of hydrogen-bond donors (Lipinski definition) is 1. The molecule has 3 aromatic rings. The molecule has 0 fully saturated rings. The molecule has 8 heteroatoms. The Labute approximate surface area is 112 Å². The fourth-order valence-corrected chi connectivity index (χ4v) is 2.13. The van der Waals surface area contributed by atoms with Gasteiger partial charge in [-0.3, -0.25) is 0 Å². The number of nitrogens with zero attached hydrogens (tertiary/aromatic N) is 4. The van der Waals surface area contributed by atoms with E-state index in [1.165, 1.54) is 11.5 Å². The van der Waals surface area contributed by atoms with Crippen LogP contribution in [0.4, 0.5) is 0 Å².